The molecule has 2 aromatic heterocycles. The number of aromatic hydroxyl groups is 1. The molecule has 0 unspecified atom stereocenters. The van der Waals surface area contributed by atoms with Crippen molar-refractivity contribution in [2.75, 3.05) is 45.1 Å². The standard InChI is InChI=1S/C36H39N5O5S2/c1-40(34(43)31-14-12-27(47-31)23-37-18-15-25-11-13-30(42)32-33(25)48-36(45)39-32)21-22-41-19-16-26(17-20-41)46-35(44)38-29-10-6-5-9-28(29)24-7-3-2-4-8-24/h2-14,26,37,42H,15-23H2,1H3,(H,38,44)(H,39,45). The Kier molecular flexibility index (Phi) is 10.9. The zero-order chi connectivity index (χ0) is 33.5. The number of carbonyl (C=O) groups excluding carboxylic acids is 2. The van der Waals surface area contributed by atoms with E-state index in [0.717, 1.165) is 75.8 Å². The van der Waals surface area contributed by atoms with Gasteiger partial charge in [0.1, 0.15) is 17.4 Å². The molecular formula is C36H39N5O5S2. The van der Waals surface area contributed by atoms with Crippen molar-refractivity contribution in [2.24, 2.45) is 0 Å². The monoisotopic (exact) mass is 685 g/mol. The second-order valence-corrected chi connectivity index (χ2v) is 14.0. The molecule has 10 nitrogen and oxygen atoms in total. The molecule has 1 aliphatic rings. The Morgan fingerprint density at radius 2 is 1.77 bits per heavy atom. The number of ether oxygens (including phenoxy) is 1. The molecule has 12 heteroatoms. The molecule has 1 fully saturated rings. The summed E-state index contributed by atoms with van der Waals surface area (Å²) in [6, 6.07) is 25.0. The van der Waals surface area contributed by atoms with Crippen LogP contribution in [0.2, 0.25) is 0 Å². The van der Waals surface area contributed by atoms with Gasteiger partial charge in [0.25, 0.3) is 5.91 Å². The number of H-pyrrole nitrogens is 1. The molecule has 4 N–H and O–H groups in total. The highest BCUT2D eigenvalue weighted by Gasteiger charge is 2.24. The van der Waals surface area contributed by atoms with E-state index in [-0.39, 0.29) is 22.6 Å². The zero-order valence-corrected chi connectivity index (χ0v) is 28.4. The first-order valence-electron chi connectivity index (χ1n) is 16.1. The normalized spacial score (nSPS) is 13.9. The SMILES string of the molecule is CN(CCN1CCC(OC(=O)Nc2ccccc2-c2ccccc2)CC1)C(=O)c1ccc(CNCCc2ccc(O)c3[nH]c(=O)sc23)s1. The van der Waals surface area contributed by atoms with Gasteiger partial charge in [0.05, 0.1) is 15.3 Å². The number of anilines is 1. The highest BCUT2D eigenvalue weighted by Crippen LogP contribution is 2.29. The molecule has 3 aromatic carbocycles. The number of aromatic amines is 1. The lowest BCUT2D eigenvalue weighted by molar-refractivity contribution is 0.0541. The van der Waals surface area contributed by atoms with Gasteiger partial charge in [-0.1, -0.05) is 65.9 Å². The molecule has 250 valence electrons. The number of aromatic nitrogens is 1. The maximum atomic E-state index is 13.1. The van der Waals surface area contributed by atoms with E-state index in [1.165, 1.54) is 11.3 Å². The molecule has 0 bridgehead atoms. The quantitative estimate of drug-likeness (QED) is 0.116. The van der Waals surface area contributed by atoms with Gasteiger partial charge in [0.15, 0.2) is 0 Å². The van der Waals surface area contributed by atoms with Crippen LogP contribution < -0.4 is 15.5 Å². The molecule has 0 radical (unpaired) electrons. The van der Waals surface area contributed by atoms with Gasteiger partial charge in [-0.2, -0.15) is 0 Å². The molecule has 1 aliphatic heterocycles. The number of phenols is 1. The topological polar surface area (TPSA) is 127 Å². The molecule has 0 atom stereocenters. The number of para-hydroxylation sites is 1. The number of thiophene rings is 1. The Bertz CT molecular complexity index is 1910. The van der Waals surface area contributed by atoms with Crippen molar-refractivity contribution in [1.82, 2.24) is 20.1 Å². The van der Waals surface area contributed by atoms with E-state index in [2.05, 4.69) is 20.5 Å². The maximum Gasteiger partial charge on any atom is 0.411 e. The molecular weight excluding hydrogens is 647 g/mol. The minimum absolute atomic E-state index is 0.00534. The number of hydrogen-bond donors (Lipinski definition) is 4. The van der Waals surface area contributed by atoms with Crippen molar-refractivity contribution in [3.8, 4) is 16.9 Å². The highest BCUT2D eigenvalue weighted by molar-refractivity contribution is 7.16. The van der Waals surface area contributed by atoms with Crippen LogP contribution in [0.1, 0.15) is 33.0 Å². The Morgan fingerprint density at radius 1 is 1.00 bits per heavy atom. The number of phenolic OH excluding ortho intramolecular Hbond substituents is 1. The van der Waals surface area contributed by atoms with Crippen LogP contribution in [0.25, 0.3) is 21.3 Å². The summed E-state index contributed by atoms with van der Waals surface area (Å²) in [5.74, 6) is 0.0875. The number of likely N-dealkylation sites (tertiary alicyclic amines) is 1. The Hall–Kier alpha value is -4.49. The van der Waals surface area contributed by atoms with E-state index in [1.807, 2.05) is 79.8 Å². The minimum atomic E-state index is -0.442. The number of likely N-dealkylation sites (N-methyl/N-ethyl adjacent to an activating group) is 1. The van der Waals surface area contributed by atoms with Crippen LogP contribution >= 0.6 is 22.7 Å². The van der Waals surface area contributed by atoms with Crippen LogP contribution in [0.15, 0.2) is 83.7 Å². The first kappa shape index (κ1) is 33.4. The third kappa shape index (κ3) is 8.32. The molecule has 1 saturated heterocycles. The van der Waals surface area contributed by atoms with Crippen molar-refractivity contribution in [1.29, 1.82) is 0 Å². The molecule has 2 amide bonds. The highest BCUT2D eigenvalue weighted by atomic mass is 32.1. The number of hydrogen-bond acceptors (Lipinski definition) is 9. The predicted molar refractivity (Wildman–Crippen MR) is 192 cm³/mol. The van der Waals surface area contributed by atoms with Crippen LogP contribution in [-0.2, 0) is 17.7 Å². The van der Waals surface area contributed by atoms with Gasteiger partial charge in [0.2, 0.25) is 0 Å². The van der Waals surface area contributed by atoms with E-state index >= 15 is 0 Å². The maximum absolute atomic E-state index is 13.1. The third-order valence-corrected chi connectivity index (χ3v) is 10.6. The van der Waals surface area contributed by atoms with Crippen molar-refractivity contribution in [2.45, 2.75) is 31.9 Å². The largest absolute Gasteiger partial charge is 0.506 e. The summed E-state index contributed by atoms with van der Waals surface area (Å²) in [7, 11) is 1.83. The number of thiazole rings is 1. The average Bonchev–Trinajstić information content (AvgIpc) is 3.74. The molecule has 48 heavy (non-hydrogen) atoms. The van der Waals surface area contributed by atoms with Gasteiger partial charge in [-0.3, -0.25) is 14.9 Å². The van der Waals surface area contributed by atoms with Crippen LogP contribution in [0.3, 0.4) is 0 Å². The van der Waals surface area contributed by atoms with E-state index in [1.54, 1.807) is 11.0 Å². The van der Waals surface area contributed by atoms with E-state index in [4.69, 9.17) is 4.74 Å². The smallest absolute Gasteiger partial charge is 0.411 e. The van der Waals surface area contributed by atoms with E-state index < -0.39 is 6.09 Å². The molecule has 0 aliphatic carbocycles. The number of benzene rings is 3. The number of rotatable bonds is 12. The van der Waals surface area contributed by atoms with Crippen LogP contribution in [-0.4, -0.2) is 77.8 Å². The fourth-order valence-electron chi connectivity index (χ4n) is 5.88. The van der Waals surface area contributed by atoms with Crippen molar-refractivity contribution in [3.05, 3.63) is 104 Å². The Morgan fingerprint density at radius 3 is 2.58 bits per heavy atom. The zero-order valence-electron chi connectivity index (χ0n) is 26.7. The van der Waals surface area contributed by atoms with Gasteiger partial charge < -0.3 is 29.9 Å². The average molecular weight is 686 g/mol. The lowest BCUT2D eigenvalue weighted by Gasteiger charge is -2.32. The molecule has 5 aromatic rings. The van der Waals surface area contributed by atoms with E-state index in [0.29, 0.717) is 36.4 Å². The summed E-state index contributed by atoms with van der Waals surface area (Å²) >= 11 is 2.60. The molecule has 0 spiro atoms. The number of fused-ring (bicyclic) bond motifs is 1. The Labute approximate surface area is 287 Å². The number of carbonyl (C=O) groups is 2. The summed E-state index contributed by atoms with van der Waals surface area (Å²) in [6.45, 7) is 4.30. The summed E-state index contributed by atoms with van der Waals surface area (Å²) in [5.41, 5.74) is 4.19. The van der Waals surface area contributed by atoms with Gasteiger partial charge in [-0.05, 0) is 61.2 Å². The first-order chi connectivity index (χ1) is 23.3. The fourth-order valence-corrected chi connectivity index (χ4v) is 7.75. The van der Waals surface area contributed by atoms with Crippen molar-refractivity contribution < 1.29 is 19.4 Å². The number of amides is 2. The predicted octanol–water partition coefficient (Wildman–Crippen LogP) is 6.14. The van der Waals surface area contributed by atoms with Crippen molar-refractivity contribution in [3.63, 3.8) is 0 Å². The first-order valence-corrected chi connectivity index (χ1v) is 17.7. The number of piperidine rings is 1. The molecule has 3 heterocycles. The number of nitrogens with one attached hydrogen (secondary N) is 3. The second-order valence-electron chi connectivity index (χ2n) is 11.9. The minimum Gasteiger partial charge on any atom is -0.506 e. The van der Waals surface area contributed by atoms with E-state index in [9.17, 15) is 19.5 Å². The lowest BCUT2D eigenvalue weighted by Crippen LogP contribution is -2.42. The summed E-state index contributed by atoms with van der Waals surface area (Å²) < 4.78 is 6.56. The fraction of sp³-hybridized carbons (Fsp3) is 0.306. The van der Waals surface area contributed by atoms with Crippen LogP contribution in [0.4, 0.5) is 10.5 Å². The second kappa shape index (κ2) is 15.6. The lowest BCUT2D eigenvalue weighted by atomic mass is 10.0. The summed E-state index contributed by atoms with van der Waals surface area (Å²) in [6.07, 6.45) is 1.61. The summed E-state index contributed by atoms with van der Waals surface area (Å²) in [4.78, 5) is 46.0. The van der Waals surface area contributed by atoms with Crippen LogP contribution in [0.5, 0.6) is 5.75 Å². The summed E-state index contributed by atoms with van der Waals surface area (Å²) in [5, 5.41) is 16.3. The third-order valence-electron chi connectivity index (χ3n) is 8.54. The van der Waals surface area contributed by atoms with Gasteiger partial charge in [-0.25, -0.2) is 4.79 Å². The number of nitrogens with zero attached hydrogens (tertiary/aromatic N) is 2. The molecule has 0 saturated carbocycles. The Balaban J connectivity index is 0.896. The van der Waals surface area contributed by atoms with Gasteiger partial charge in [0, 0.05) is 50.2 Å². The van der Waals surface area contributed by atoms with Crippen LogP contribution in [0, 0.1) is 0 Å². The van der Waals surface area contributed by atoms with Gasteiger partial charge >= 0.3 is 11.0 Å². The van der Waals surface area contributed by atoms with Crippen molar-refractivity contribution >= 4 is 50.6 Å². The van der Waals surface area contributed by atoms with Gasteiger partial charge in [-0.15, -0.1) is 11.3 Å². The molecule has 6 rings (SSSR count).